The Bertz CT molecular complexity index is 309. The normalized spacial score (nSPS) is 23.7. The van der Waals surface area contributed by atoms with Gasteiger partial charge in [0.2, 0.25) is 5.91 Å². The number of nitriles is 1. The van der Waals surface area contributed by atoms with Crippen molar-refractivity contribution in [2.24, 2.45) is 11.8 Å². The number of carbonyl (C=O) groups excluding carboxylic acids is 1. The second kappa shape index (κ2) is 7.38. The molecule has 2 atom stereocenters. The summed E-state index contributed by atoms with van der Waals surface area (Å²) in [4.78, 5) is 14.4. The van der Waals surface area contributed by atoms with Crippen LogP contribution in [0, 0.1) is 23.2 Å². The fourth-order valence-corrected chi connectivity index (χ4v) is 2.53. The fraction of sp³-hybridized carbons (Fsp3) is 0.857. The van der Waals surface area contributed by atoms with Crippen molar-refractivity contribution >= 4 is 5.91 Å². The van der Waals surface area contributed by atoms with E-state index in [1.54, 1.807) is 0 Å². The summed E-state index contributed by atoms with van der Waals surface area (Å²) in [6.45, 7) is 8.60. The first-order valence-electron chi connectivity index (χ1n) is 6.93. The number of hydrogen-bond acceptors (Lipinski definition) is 3. The van der Waals surface area contributed by atoms with Crippen molar-refractivity contribution in [2.45, 2.75) is 46.1 Å². The molecule has 1 amide bonds. The lowest BCUT2D eigenvalue weighted by Crippen LogP contribution is -2.45. The van der Waals surface area contributed by atoms with E-state index in [1.807, 2.05) is 4.90 Å². The average Bonchev–Trinajstić information content (AvgIpc) is 2.33. The number of carbonyl (C=O) groups is 1. The number of nitrogens with one attached hydrogen (secondary N) is 1. The SMILES string of the molecule is CC(C)CN(CCC#N)C(=O)C1CCNC(C)C1. The molecule has 4 heteroatoms. The molecule has 1 aliphatic rings. The van der Waals surface area contributed by atoms with Gasteiger partial charge in [0.05, 0.1) is 12.5 Å². The lowest BCUT2D eigenvalue weighted by Gasteiger charge is -2.32. The third kappa shape index (κ3) is 4.66. The van der Waals surface area contributed by atoms with E-state index < -0.39 is 0 Å². The summed E-state index contributed by atoms with van der Waals surface area (Å²) in [6, 6.07) is 2.55. The highest BCUT2D eigenvalue weighted by molar-refractivity contribution is 5.79. The van der Waals surface area contributed by atoms with Gasteiger partial charge >= 0.3 is 0 Å². The highest BCUT2D eigenvalue weighted by atomic mass is 16.2. The molecule has 0 spiro atoms. The Labute approximate surface area is 110 Å². The molecule has 0 aromatic carbocycles. The van der Waals surface area contributed by atoms with Crippen LogP contribution in [0.25, 0.3) is 0 Å². The van der Waals surface area contributed by atoms with E-state index in [0.29, 0.717) is 24.9 Å². The van der Waals surface area contributed by atoms with Crippen LogP contribution in [0.15, 0.2) is 0 Å². The van der Waals surface area contributed by atoms with E-state index in [9.17, 15) is 4.79 Å². The Morgan fingerprint density at radius 3 is 2.83 bits per heavy atom. The van der Waals surface area contributed by atoms with Crippen LogP contribution < -0.4 is 5.32 Å². The number of hydrogen-bond donors (Lipinski definition) is 1. The molecule has 0 radical (unpaired) electrons. The lowest BCUT2D eigenvalue weighted by molar-refractivity contribution is -0.137. The molecule has 18 heavy (non-hydrogen) atoms. The second-order valence-corrected chi connectivity index (χ2v) is 5.66. The summed E-state index contributed by atoms with van der Waals surface area (Å²) >= 11 is 0. The van der Waals surface area contributed by atoms with Crippen LogP contribution in [0.5, 0.6) is 0 Å². The molecule has 1 N–H and O–H groups in total. The summed E-state index contributed by atoms with van der Waals surface area (Å²) in [6.07, 6.45) is 2.27. The van der Waals surface area contributed by atoms with E-state index in [4.69, 9.17) is 5.26 Å². The first kappa shape index (κ1) is 15.0. The van der Waals surface area contributed by atoms with Gasteiger partial charge < -0.3 is 10.2 Å². The molecule has 1 rings (SSSR count). The summed E-state index contributed by atoms with van der Waals surface area (Å²) < 4.78 is 0. The van der Waals surface area contributed by atoms with Crippen molar-refractivity contribution in [1.29, 1.82) is 5.26 Å². The minimum atomic E-state index is 0.138. The van der Waals surface area contributed by atoms with Gasteiger partial charge in [-0.3, -0.25) is 4.79 Å². The molecular formula is C14H25N3O. The van der Waals surface area contributed by atoms with Gasteiger partial charge in [0.25, 0.3) is 0 Å². The minimum absolute atomic E-state index is 0.138. The molecule has 0 aromatic rings. The summed E-state index contributed by atoms with van der Waals surface area (Å²) in [5.74, 6) is 0.831. The minimum Gasteiger partial charge on any atom is -0.341 e. The summed E-state index contributed by atoms with van der Waals surface area (Å²) in [5.41, 5.74) is 0. The largest absolute Gasteiger partial charge is 0.341 e. The molecular weight excluding hydrogens is 226 g/mol. The monoisotopic (exact) mass is 251 g/mol. The molecule has 0 aliphatic carbocycles. The van der Waals surface area contributed by atoms with Crippen molar-refractivity contribution in [3.05, 3.63) is 0 Å². The number of piperidine rings is 1. The first-order chi connectivity index (χ1) is 8.54. The van der Waals surface area contributed by atoms with Crippen LogP contribution in [-0.4, -0.2) is 36.5 Å². The Kier molecular flexibility index (Phi) is 6.14. The van der Waals surface area contributed by atoms with Crippen molar-refractivity contribution in [3.8, 4) is 6.07 Å². The van der Waals surface area contributed by atoms with E-state index in [-0.39, 0.29) is 11.8 Å². The Morgan fingerprint density at radius 2 is 2.28 bits per heavy atom. The topological polar surface area (TPSA) is 56.1 Å². The smallest absolute Gasteiger partial charge is 0.225 e. The quantitative estimate of drug-likeness (QED) is 0.810. The van der Waals surface area contributed by atoms with Crippen LogP contribution in [0.4, 0.5) is 0 Å². The van der Waals surface area contributed by atoms with Crippen LogP contribution in [-0.2, 0) is 4.79 Å². The van der Waals surface area contributed by atoms with Crippen molar-refractivity contribution in [1.82, 2.24) is 10.2 Å². The molecule has 0 bridgehead atoms. The molecule has 2 unspecified atom stereocenters. The van der Waals surface area contributed by atoms with Crippen molar-refractivity contribution < 1.29 is 4.79 Å². The van der Waals surface area contributed by atoms with E-state index >= 15 is 0 Å². The zero-order chi connectivity index (χ0) is 13.5. The van der Waals surface area contributed by atoms with Gasteiger partial charge in [-0.25, -0.2) is 0 Å². The molecule has 4 nitrogen and oxygen atoms in total. The van der Waals surface area contributed by atoms with Gasteiger partial charge in [0.15, 0.2) is 0 Å². The molecule has 1 aliphatic heterocycles. The number of amides is 1. The average molecular weight is 251 g/mol. The van der Waals surface area contributed by atoms with Crippen LogP contribution in [0.3, 0.4) is 0 Å². The Hall–Kier alpha value is -1.08. The fourth-order valence-electron chi connectivity index (χ4n) is 2.53. The highest BCUT2D eigenvalue weighted by Gasteiger charge is 2.28. The zero-order valence-corrected chi connectivity index (χ0v) is 11.8. The maximum absolute atomic E-state index is 12.5. The van der Waals surface area contributed by atoms with Gasteiger partial charge in [-0.15, -0.1) is 0 Å². The molecule has 1 heterocycles. The maximum Gasteiger partial charge on any atom is 0.225 e. The van der Waals surface area contributed by atoms with E-state index in [0.717, 1.165) is 25.9 Å². The van der Waals surface area contributed by atoms with Gasteiger partial charge in [-0.05, 0) is 32.2 Å². The molecule has 1 saturated heterocycles. The van der Waals surface area contributed by atoms with E-state index in [2.05, 4.69) is 32.2 Å². The summed E-state index contributed by atoms with van der Waals surface area (Å²) in [5, 5.41) is 12.1. The van der Waals surface area contributed by atoms with Gasteiger partial charge in [-0.2, -0.15) is 5.26 Å². The molecule has 1 fully saturated rings. The maximum atomic E-state index is 12.5. The van der Waals surface area contributed by atoms with Crippen LogP contribution >= 0.6 is 0 Å². The van der Waals surface area contributed by atoms with Crippen LogP contribution in [0.1, 0.15) is 40.0 Å². The predicted octanol–water partition coefficient (Wildman–Crippen LogP) is 1.77. The lowest BCUT2D eigenvalue weighted by atomic mass is 9.91. The number of rotatable bonds is 5. The Balaban J connectivity index is 2.59. The zero-order valence-electron chi connectivity index (χ0n) is 11.8. The number of nitrogens with zero attached hydrogens (tertiary/aromatic N) is 2. The van der Waals surface area contributed by atoms with Gasteiger partial charge in [-0.1, -0.05) is 13.8 Å². The van der Waals surface area contributed by atoms with Crippen molar-refractivity contribution in [3.63, 3.8) is 0 Å². The van der Waals surface area contributed by atoms with Gasteiger partial charge in [0, 0.05) is 25.0 Å². The molecule has 0 saturated carbocycles. The van der Waals surface area contributed by atoms with Gasteiger partial charge in [0.1, 0.15) is 0 Å². The highest BCUT2D eigenvalue weighted by Crippen LogP contribution is 2.19. The predicted molar refractivity (Wildman–Crippen MR) is 71.8 cm³/mol. The van der Waals surface area contributed by atoms with E-state index in [1.165, 1.54) is 0 Å². The van der Waals surface area contributed by atoms with Crippen molar-refractivity contribution in [2.75, 3.05) is 19.6 Å². The third-order valence-corrected chi connectivity index (χ3v) is 3.36. The molecule has 0 aromatic heterocycles. The Morgan fingerprint density at radius 1 is 1.56 bits per heavy atom. The standard InChI is InChI=1S/C14H25N3O/c1-11(2)10-17(8-4-6-15)14(18)13-5-7-16-12(3)9-13/h11-13,16H,4-5,7-10H2,1-3H3. The second-order valence-electron chi connectivity index (χ2n) is 5.66. The summed E-state index contributed by atoms with van der Waals surface area (Å²) in [7, 11) is 0. The van der Waals surface area contributed by atoms with Crippen LogP contribution in [0.2, 0.25) is 0 Å². The first-order valence-corrected chi connectivity index (χ1v) is 6.93. The molecule has 102 valence electrons. The third-order valence-electron chi connectivity index (χ3n) is 3.36.